The van der Waals surface area contributed by atoms with Crippen molar-refractivity contribution in [2.45, 2.75) is 6.92 Å². The fourth-order valence-corrected chi connectivity index (χ4v) is 3.07. The van der Waals surface area contributed by atoms with E-state index in [4.69, 9.17) is 0 Å². The maximum Gasteiger partial charge on any atom is 0.317 e. The van der Waals surface area contributed by atoms with E-state index in [1.807, 2.05) is 42.2 Å². The van der Waals surface area contributed by atoms with Crippen molar-refractivity contribution >= 4 is 17.6 Å². The maximum absolute atomic E-state index is 12.3. The van der Waals surface area contributed by atoms with Crippen LogP contribution in [0, 0.1) is 6.92 Å². The van der Waals surface area contributed by atoms with Gasteiger partial charge in [0.15, 0.2) is 0 Å². The Morgan fingerprint density at radius 1 is 0.852 bits per heavy atom. The van der Waals surface area contributed by atoms with E-state index in [9.17, 15) is 9.59 Å². The number of aryl methyl sites for hydroxylation is 1. The molecule has 0 bridgehead atoms. The van der Waals surface area contributed by atoms with Crippen LogP contribution in [0.1, 0.15) is 15.9 Å². The zero-order valence-corrected chi connectivity index (χ0v) is 15.6. The molecule has 3 amide bonds. The second-order valence-electron chi connectivity index (χ2n) is 6.66. The van der Waals surface area contributed by atoms with Crippen LogP contribution >= 0.6 is 0 Å². The third kappa shape index (κ3) is 5.23. The van der Waals surface area contributed by atoms with E-state index in [-0.39, 0.29) is 11.9 Å². The molecule has 1 aliphatic heterocycles. The Bertz CT molecular complexity index is 754. The summed E-state index contributed by atoms with van der Waals surface area (Å²) in [6.07, 6.45) is 0. The fraction of sp³-hybridized carbons (Fsp3) is 0.333. The van der Waals surface area contributed by atoms with Crippen LogP contribution in [0.15, 0.2) is 54.6 Å². The first kappa shape index (κ1) is 18.8. The molecule has 0 aromatic heterocycles. The molecule has 2 aromatic carbocycles. The number of piperazine rings is 1. The molecule has 0 unspecified atom stereocenters. The first-order chi connectivity index (χ1) is 13.1. The van der Waals surface area contributed by atoms with Crippen LogP contribution in [0.25, 0.3) is 0 Å². The summed E-state index contributed by atoms with van der Waals surface area (Å²) < 4.78 is 0. The smallest absolute Gasteiger partial charge is 0.317 e. The molecule has 1 aliphatic rings. The van der Waals surface area contributed by atoms with Gasteiger partial charge in [0.1, 0.15) is 0 Å². The summed E-state index contributed by atoms with van der Waals surface area (Å²) in [5, 5.41) is 5.70. The second kappa shape index (κ2) is 9.07. The summed E-state index contributed by atoms with van der Waals surface area (Å²) in [6.45, 7) is 5.82. The van der Waals surface area contributed by atoms with Gasteiger partial charge in [0.05, 0.1) is 0 Å². The number of hydrogen-bond acceptors (Lipinski definition) is 3. The minimum atomic E-state index is -0.124. The highest BCUT2D eigenvalue weighted by Gasteiger charge is 2.20. The topological polar surface area (TPSA) is 64.7 Å². The molecule has 2 aromatic rings. The van der Waals surface area contributed by atoms with Crippen LogP contribution in [0.3, 0.4) is 0 Å². The van der Waals surface area contributed by atoms with Crippen LogP contribution in [0.2, 0.25) is 0 Å². The number of urea groups is 1. The van der Waals surface area contributed by atoms with Crippen molar-refractivity contribution in [3.05, 3.63) is 65.7 Å². The van der Waals surface area contributed by atoms with Gasteiger partial charge in [0.2, 0.25) is 0 Å². The normalized spacial score (nSPS) is 14.0. The number of para-hydroxylation sites is 1. The Balaban J connectivity index is 1.35. The molecule has 1 heterocycles. The van der Waals surface area contributed by atoms with Gasteiger partial charge in [-0.15, -0.1) is 0 Å². The highest BCUT2D eigenvalue weighted by molar-refractivity contribution is 5.94. The van der Waals surface area contributed by atoms with E-state index in [2.05, 4.69) is 27.7 Å². The molecule has 142 valence electrons. The van der Waals surface area contributed by atoms with Gasteiger partial charge in [-0.1, -0.05) is 35.9 Å². The van der Waals surface area contributed by atoms with Gasteiger partial charge in [-0.25, -0.2) is 4.79 Å². The number of nitrogens with one attached hydrogen (secondary N) is 2. The largest absolute Gasteiger partial charge is 0.368 e. The number of benzene rings is 2. The molecular weight excluding hydrogens is 340 g/mol. The molecule has 1 fully saturated rings. The standard InChI is InChI=1S/C21H26N4O2/c1-17-7-9-18(10-8-17)20(26)22-11-12-23-21(27)25-15-13-24(14-16-25)19-5-3-2-4-6-19/h2-10H,11-16H2,1H3,(H,22,26)(H,23,27). The second-order valence-corrected chi connectivity index (χ2v) is 6.66. The fourth-order valence-electron chi connectivity index (χ4n) is 3.07. The number of anilines is 1. The summed E-state index contributed by atoms with van der Waals surface area (Å²) >= 11 is 0. The third-order valence-corrected chi connectivity index (χ3v) is 4.69. The zero-order chi connectivity index (χ0) is 19.1. The first-order valence-electron chi connectivity index (χ1n) is 9.31. The van der Waals surface area contributed by atoms with Gasteiger partial charge in [0.25, 0.3) is 5.91 Å². The van der Waals surface area contributed by atoms with Crippen LogP contribution in [0.4, 0.5) is 10.5 Å². The summed E-state index contributed by atoms with van der Waals surface area (Å²) in [6, 6.07) is 17.6. The van der Waals surface area contributed by atoms with Crippen LogP contribution in [0.5, 0.6) is 0 Å². The van der Waals surface area contributed by atoms with Crippen molar-refractivity contribution < 1.29 is 9.59 Å². The first-order valence-corrected chi connectivity index (χ1v) is 9.31. The Hall–Kier alpha value is -3.02. The molecule has 6 heteroatoms. The number of carbonyl (C=O) groups excluding carboxylic acids is 2. The van der Waals surface area contributed by atoms with Crippen molar-refractivity contribution in [3.8, 4) is 0 Å². The molecule has 0 spiro atoms. The lowest BCUT2D eigenvalue weighted by atomic mass is 10.1. The van der Waals surface area contributed by atoms with Gasteiger partial charge in [-0.3, -0.25) is 4.79 Å². The van der Waals surface area contributed by atoms with E-state index in [1.54, 1.807) is 12.1 Å². The summed E-state index contributed by atoms with van der Waals surface area (Å²) in [5.41, 5.74) is 2.94. The van der Waals surface area contributed by atoms with Crippen molar-refractivity contribution in [3.63, 3.8) is 0 Å². The maximum atomic E-state index is 12.3. The number of rotatable bonds is 5. The molecule has 0 radical (unpaired) electrons. The number of amides is 3. The Morgan fingerprint density at radius 3 is 2.15 bits per heavy atom. The lowest BCUT2D eigenvalue weighted by Crippen LogP contribution is -2.52. The number of nitrogens with zero attached hydrogens (tertiary/aromatic N) is 2. The highest BCUT2D eigenvalue weighted by atomic mass is 16.2. The van der Waals surface area contributed by atoms with Gasteiger partial charge in [0, 0.05) is 50.5 Å². The number of carbonyl (C=O) groups is 2. The van der Waals surface area contributed by atoms with E-state index < -0.39 is 0 Å². The van der Waals surface area contributed by atoms with Crippen molar-refractivity contribution in [1.29, 1.82) is 0 Å². The van der Waals surface area contributed by atoms with Gasteiger partial charge in [-0.2, -0.15) is 0 Å². The summed E-state index contributed by atoms with van der Waals surface area (Å²) in [5.74, 6) is -0.124. The minimum absolute atomic E-state index is 0.0766. The molecule has 6 nitrogen and oxygen atoms in total. The Labute approximate surface area is 160 Å². The van der Waals surface area contributed by atoms with E-state index in [1.165, 1.54) is 5.69 Å². The molecule has 0 saturated carbocycles. The number of hydrogen-bond donors (Lipinski definition) is 2. The third-order valence-electron chi connectivity index (χ3n) is 4.69. The molecule has 27 heavy (non-hydrogen) atoms. The molecule has 3 rings (SSSR count). The predicted octanol–water partition coefficient (Wildman–Crippen LogP) is 2.26. The summed E-state index contributed by atoms with van der Waals surface area (Å²) in [7, 11) is 0. The zero-order valence-electron chi connectivity index (χ0n) is 15.6. The minimum Gasteiger partial charge on any atom is -0.368 e. The predicted molar refractivity (Wildman–Crippen MR) is 107 cm³/mol. The monoisotopic (exact) mass is 366 g/mol. The van der Waals surface area contributed by atoms with Crippen LogP contribution in [-0.2, 0) is 0 Å². The van der Waals surface area contributed by atoms with Crippen LogP contribution < -0.4 is 15.5 Å². The van der Waals surface area contributed by atoms with E-state index in [0.29, 0.717) is 31.7 Å². The lowest BCUT2D eigenvalue weighted by molar-refractivity contribution is 0.0953. The molecule has 1 saturated heterocycles. The van der Waals surface area contributed by atoms with Crippen molar-refractivity contribution in [2.24, 2.45) is 0 Å². The van der Waals surface area contributed by atoms with Crippen molar-refractivity contribution in [2.75, 3.05) is 44.2 Å². The molecule has 0 atom stereocenters. The lowest BCUT2D eigenvalue weighted by Gasteiger charge is -2.36. The van der Waals surface area contributed by atoms with Gasteiger partial charge in [-0.05, 0) is 31.2 Å². The summed E-state index contributed by atoms with van der Waals surface area (Å²) in [4.78, 5) is 28.4. The van der Waals surface area contributed by atoms with Gasteiger partial charge >= 0.3 is 6.03 Å². The Morgan fingerprint density at radius 2 is 1.48 bits per heavy atom. The SMILES string of the molecule is Cc1ccc(C(=O)NCCNC(=O)N2CCN(c3ccccc3)CC2)cc1. The quantitative estimate of drug-likeness (QED) is 0.798. The molecule has 0 aliphatic carbocycles. The average molecular weight is 366 g/mol. The Kier molecular flexibility index (Phi) is 6.30. The van der Waals surface area contributed by atoms with E-state index in [0.717, 1.165) is 18.7 Å². The molecule has 2 N–H and O–H groups in total. The van der Waals surface area contributed by atoms with Crippen molar-refractivity contribution in [1.82, 2.24) is 15.5 Å². The average Bonchev–Trinajstić information content (AvgIpc) is 2.72. The van der Waals surface area contributed by atoms with Crippen LogP contribution in [-0.4, -0.2) is 56.1 Å². The molecular formula is C21H26N4O2. The van der Waals surface area contributed by atoms with E-state index >= 15 is 0 Å². The van der Waals surface area contributed by atoms with Gasteiger partial charge < -0.3 is 20.4 Å². The highest BCUT2D eigenvalue weighted by Crippen LogP contribution is 2.15.